The Morgan fingerprint density at radius 3 is 2.88 bits per heavy atom. The maximum absolute atomic E-state index is 12.4. The summed E-state index contributed by atoms with van der Waals surface area (Å²) in [6.45, 7) is 9.09. The van der Waals surface area contributed by atoms with Crippen LogP contribution < -0.4 is 5.32 Å². The predicted molar refractivity (Wildman–Crippen MR) is 90.6 cm³/mol. The van der Waals surface area contributed by atoms with E-state index < -0.39 is 5.97 Å². The first-order valence-electron chi connectivity index (χ1n) is 8.75. The van der Waals surface area contributed by atoms with Gasteiger partial charge in [-0.1, -0.05) is 6.92 Å². The van der Waals surface area contributed by atoms with E-state index in [4.69, 9.17) is 9.15 Å². The summed E-state index contributed by atoms with van der Waals surface area (Å²) in [5.41, 5.74) is -0.371. The van der Waals surface area contributed by atoms with Crippen molar-refractivity contribution in [2.75, 3.05) is 26.2 Å². The summed E-state index contributed by atoms with van der Waals surface area (Å²) in [6.07, 6.45) is 2.81. The van der Waals surface area contributed by atoms with Crippen molar-refractivity contribution >= 4 is 11.9 Å². The Bertz CT molecular complexity index is 569. The lowest BCUT2D eigenvalue weighted by Crippen LogP contribution is -2.50. The molecular weight excluding hydrogens is 308 g/mol. The van der Waals surface area contributed by atoms with Crippen molar-refractivity contribution in [3.8, 4) is 0 Å². The lowest BCUT2D eigenvalue weighted by atomic mass is 9.81. The number of esters is 1. The largest absolute Gasteiger partial charge is 0.460 e. The minimum Gasteiger partial charge on any atom is -0.460 e. The highest BCUT2D eigenvalue weighted by Crippen LogP contribution is 2.30. The molecule has 2 rings (SSSR count). The maximum atomic E-state index is 12.4. The van der Waals surface area contributed by atoms with E-state index >= 15 is 0 Å². The van der Waals surface area contributed by atoms with Gasteiger partial charge in [-0.25, -0.2) is 4.79 Å². The lowest BCUT2D eigenvalue weighted by molar-refractivity contribution is -0.133. The minimum absolute atomic E-state index is 0.126. The summed E-state index contributed by atoms with van der Waals surface area (Å²) in [5, 5.41) is 3.01. The van der Waals surface area contributed by atoms with Crippen LogP contribution in [0.3, 0.4) is 0 Å². The molecule has 1 atom stereocenters. The highest BCUT2D eigenvalue weighted by molar-refractivity contribution is 5.86. The van der Waals surface area contributed by atoms with Crippen LogP contribution in [0.5, 0.6) is 0 Å². The van der Waals surface area contributed by atoms with Gasteiger partial charge in [0.15, 0.2) is 0 Å². The van der Waals surface area contributed by atoms with Crippen molar-refractivity contribution in [3.05, 3.63) is 23.7 Å². The molecule has 1 aliphatic rings. The highest BCUT2D eigenvalue weighted by Gasteiger charge is 2.37. The second-order valence-corrected chi connectivity index (χ2v) is 6.62. The summed E-state index contributed by atoms with van der Waals surface area (Å²) in [6, 6.07) is 3.44. The molecule has 6 heteroatoms. The zero-order chi connectivity index (χ0) is 17.6. The number of nitrogens with zero attached hydrogens (tertiary/aromatic N) is 1. The van der Waals surface area contributed by atoms with Crippen molar-refractivity contribution in [2.24, 2.45) is 5.41 Å². The Morgan fingerprint density at radius 1 is 1.38 bits per heavy atom. The monoisotopic (exact) mass is 336 g/mol. The van der Waals surface area contributed by atoms with Crippen LogP contribution in [0.15, 0.2) is 16.5 Å². The summed E-state index contributed by atoms with van der Waals surface area (Å²) in [4.78, 5) is 26.3. The zero-order valence-electron chi connectivity index (χ0n) is 14.9. The van der Waals surface area contributed by atoms with E-state index in [1.165, 1.54) is 0 Å². The highest BCUT2D eigenvalue weighted by atomic mass is 16.5. The van der Waals surface area contributed by atoms with E-state index in [0.29, 0.717) is 19.7 Å². The van der Waals surface area contributed by atoms with Gasteiger partial charge in [0.05, 0.1) is 18.6 Å². The van der Waals surface area contributed by atoms with E-state index in [1.807, 2.05) is 13.8 Å². The number of likely N-dealkylation sites (tertiary alicyclic amines) is 1. The Kier molecular flexibility index (Phi) is 6.43. The third-order valence-corrected chi connectivity index (χ3v) is 4.38. The van der Waals surface area contributed by atoms with E-state index in [9.17, 15) is 9.59 Å². The molecule has 24 heavy (non-hydrogen) atoms. The number of hydrogen-bond donors (Lipinski definition) is 1. The zero-order valence-corrected chi connectivity index (χ0v) is 14.9. The number of piperidine rings is 1. The molecule has 0 bridgehead atoms. The molecule has 1 saturated heterocycles. The van der Waals surface area contributed by atoms with Gasteiger partial charge in [-0.3, -0.25) is 9.69 Å². The average molecular weight is 336 g/mol. The van der Waals surface area contributed by atoms with Gasteiger partial charge >= 0.3 is 5.97 Å². The van der Waals surface area contributed by atoms with Crippen molar-refractivity contribution in [2.45, 2.75) is 46.6 Å². The van der Waals surface area contributed by atoms with E-state index in [0.717, 1.165) is 38.1 Å². The quantitative estimate of drug-likeness (QED) is 0.775. The van der Waals surface area contributed by atoms with Crippen LogP contribution in [0.1, 0.15) is 56.3 Å². The molecule has 1 aromatic heterocycles. The topological polar surface area (TPSA) is 71.8 Å². The van der Waals surface area contributed by atoms with Gasteiger partial charge in [-0.15, -0.1) is 0 Å². The van der Waals surface area contributed by atoms with Gasteiger partial charge in [0.25, 0.3) is 0 Å². The molecule has 0 saturated carbocycles. The molecule has 1 amide bonds. The SMILES string of the molecule is CCCNC(=O)C1(C)CCCN(Cc2ccc(C(=O)OCC)o2)C1. The fourth-order valence-electron chi connectivity index (χ4n) is 3.11. The number of carbonyl (C=O) groups is 2. The van der Waals surface area contributed by atoms with Gasteiger partial charge in [-0.2, -0.15) is 0 Å². The first-order chi connectivity index (χ1) is 11.5. The molecule has 6 nitrogen and oxygen atoms in total. The van der Waals surface area contributed by atoms with Gasteiger partial charge < -0.3 is 14.5 Å². The second kappa shape index (κ2) is 8.33. The van der Waals surface area contributed by atoms with Crippen LogP contribution >= 0.6 is 0 Å². The molecule has 1 unspecified atom stereocenters. The van der Waals surface area contributed by atoms with Crippen molar-refractivity contribution < 1.29 is 18.7 Å². The van der Waals surface area contributed by atoms with Crippen LogP contribution in [-0.2, 0) is 16.1 Å². The maximum Gasteiger partial charge on any atom is 0.374 e. The third-order valence-electron chi connectivity index (χ3n) is 4.38. The van der Waals surface area contributed by atoms with Gasteiger partial charge in [0.2, 0.25) is 11.7 Å². The molecule has 1 aromatic rings. The fourth-order valence-corrected chi connectivity index (χ4v) is 3.11. The average Bonchev–Trinajstić information content (AvgIpc) is 3.01. The molecule has 1 aliphatic heterocycles. The summed E-state index contributed by atoms with van der Waals surface area (Å²) in [7, 11) is 0. The molecule has 134 valence electrons. The van der Waals surface area contributed by atoms with Gasteiger partial charge in [0, 0.05) is 13.1 Å². The Labute approximate surface area is 143 Å². The van der Waals surface area contributed by atoms with Crippen LogP contribution in [-0.4, -0.2) is 43.0 Å². The van der Waals surface area contributed by atoms with Crippen molar-refractivity contribution in [1.82, 2.24) is 10.2 Å². The van der Waals surface area contributed by atoms with Crippen molar-refractivity contribution in [1.29, 1.82) is 0 Å². The molecule has 0 aliphatic carbocycles. The minimum atomic E-state index is -0.439. The van der Waals surface area contributed by atoms with Gasteiger partial charge in [0.1, 0.15) is 5.76 Å². The number of amides is 1. The van der Waals surface area contributed by atoms with E-state index in [1.54, 1.807) is 19.1 Å². The predicted octanol–water partition coefficient (Wildman–Crippen LogP) is 2.58. The standard InChI is InChI=1S/C18H28N2O4/c1-4-10-19-17(22)18(3)9-6-11-20(13-18)12-14-7-8-15(24-14)16(21)23-5-2/h7-8H,4-6,9-13H2,1-3H3,(H,19,22). The summed E-state index contributed by atoms with van der Waals surface area (Å²) >= 11 is 0. The molecule has 2 heterocycles. The lowest BCUT2D eigenvalue weighted by Gasteiger charge is -2.39. The molecular formula is C18H28N2O4. The third kappa shape index (κ3) is 4.60. The van der Waals surface area contributed by atoms with Crippen LogP contribution in [0.4, 0.5) is 0 Å². The molecule has 1 N–H and O–H groups in total. The number of hydrogen-bond acceptors (Lipinski definition) is 5. The normalized spacial score (nSPS) is 21.5. The number of furan rings is 1. The Balaban J connectivity index is 1.95. The van der Waals surface area contributed by atoms with Crippen LogP contribution in [0, 0.1) is 5.41 Å². The fraction of sp³-hybridized carbons (Fsp3) is 0.667. The first-order valence-corrected chi connectivity index (χ1v) is 8.75. The van der Waals surface area contributed by atoms with Gasteiger partial charge in [-0.05, 0) is 51.8 Å². The second-order valence-electron chi connectivity index (χ2n) is 6.62. The number of ether oxygens (including phenoxy) is 1. The molecule has 0 spiro atoms. The van der Waals surface area contributed by atoms with E-state index in [-0.39, 0.29) is 17.1 Å². The van der Waals surface area contributed by atoms with Crippen LogP contribution in [0.25, 0.3) is 0 Å². The smallest absolute Gasteiger partial charge is 0.374 e. The molecule has 1 fully saturated rings. The van der Waals surface area contributed by atoms with Crippen molar-refractivity contribution in [3.63, 3.8) is 0 Å². The first kappa shape index (κ1) is 18.5. The number of carbonyl (C=O) groups excluding carboxylic acids is 2. The van der Waals surface area contributed by atoms with E-state index in [2.05, 4.69) is 10.2 Å². The van der Waals surface area contributed by atoms with Crippen LogP contribution in [0.2, 0.25) is 0 Å². The molecule has 0 aromatic carbocycles. The number of rotatable bonds is 7. The summed E-state index contributed by atoms with van der Waals surface area (Å²) < 4.78 is 10.5. The Hall–Kier alpha value is -1.82. The molecule has 0 radical (unpaired) electrons. The summed E-state index contributed by atoms with van der Waals surface area (Å²) in [5.74, 6) is 0.635. The number of nitrogens with one attached hydrogen (secondary N) is 1. The Morgan fingerprint density at radius 2 is 2.17 bits per heavy atom.